The number of amides is 2. The van der Waals surface area contributed by atoms with Crippen LogP contribution in [0.5, 0.6) is 5.75 Å². The topological polar surface area (TPSA) is 63.7 Å². The first-order chi connectivity index (χ1) is 14.4. The molecule has 2 fully saturated rings. The molecule has 0 radical (unpaired) electrons. The quantitative estimate of drug-likeness (QED) is 0.412. The summed E-state index contributed by atoms with van der Waals surface area (Å²) in [6, 6.07) is 12.0. The first-order valence-electron chi connectivity index (χ1n) is 10.0. The molecule has 5 nitrogen and oxygen atoms in total. The van der Waals surface area contributed by atoms with Crippen LogP contribution in [0.3, 0.4) is 0 Å². The van der Waals surface area contributed by atoms with Gasteiger partial charge in [-0.05, 0) is 43.4 Å². The summed E-state index contributed by atoms with van der Waals surface area (Å²) < 4.78 is 5.77. The molecule has 5 rings (SSSR count). The van der Waals surface area contributed by atoms with Gasteiger partial charge >= 0.3 is 0 Å². The highest BCUT2D eigenvalue weighted by Gasteiger charge is 2.59. The van der Waals surface area contributed by atoms with E-state index in [9.17, 15) is 14.4 Å². The Morgan fingerprint density at radius 3 is 2.30 bits per heavy atom. The van der Waals surface area contributed by atoms with Gasteiger partial charge in [0.25, 0.3) is 0 Å². The number of ketones is 1. The number of allylic oxidation sites excluding steroid dienone is 2. The number of anilines is 1. The van der Waals surface area contributed by atoms with E-state index in [1.54, 1.807) is 30.3 Å². The summed E-state index contributed by atoms with van der Waals surface area (Å²) in [5.41, 5.74) is 1.91. The molecule has 152 valence electrons. The minimum atomic E-state index is -0.312. The number of halogens is 1. The van der Waals surface area contributed by atoms with Crippen LogP contribution in [0.2, 0.25) is 5.02 Å². The molecular weight excluding hydrogens is 402 g/mol. The van der Waals surface area contributed by atoms with E-state index in [1.807, 2.05) is 19.1 Å². The van der Waals surface area contributed by atoms with Crippen molar-refractivity contribution in [3.05, 3.63) is 70.8 Å². The van der Waals surface area contributed by atoms with E-state index in [0.717, 1.165) is 12.0 Å². The second-order valence-corrected chi connectivity index (χ2v) is 8.64. The maximum absolute atomic E-state index is 13.1. The smallest absolute Gasteiger partial charge is 0.238 e. The number of hydrogen-bond donors (Lipinski definition) is 0. The standard InChI is InChI=1S/C24H20ClNO4/c1-13-2-4-14(5-3-13)19(27)12-30-20-9-8-17(25)11-18(20)26-23(28)21-15-6-7-16(10-15)22(21)24(26)29/h2-9,11,15-16,21-22H,10,12H2,1H3. The normalized spacial score (nSPS) is 26.4. The zero-order valence-corrected chi connectivity index (χ0v) is 17.1. The van der Waals surface area contributed by atoms with Crippen molar-refractivity contribution in [3.8, 4) is 5.75 Å². The number of nitrogens with zero attached hydrogens (tertiary/aromatic N) is 1. The molecular formula is C24H20ClNO4. The molecule has 1 aliphatic heterocycles. The number of carbonyl (C=O) groups is 3. The molecule has 1 saturated heterocycles. The van der Waals surface area contributed by atoms with Gasteiger partial charge in [0, 0.05) is 10.6 Å². The van der Waals surface area contributed by atoms with E-state index in [0.29, 0.717) is 22.0 Å². The largest absolute Gasteiger partial charge is 0.483 e. The van der Waals surface area contributed by atoms with Gasteiger partial charge in [-0.25, -0.2) is 4.90 Å². The average Bonchev–Trinajstić information content (AvgIpc) is 3.41. The Bertz CT molecular complexity index is 1060. The number of hydrogen-bond acceptors (Lipinski definition) is 4. The summed E-state index contributed by atoms with van der Waals surface area (Å²) in [6.07, 6.45) is 4.97. The molecule has 3 aliphatic rings. The predicted octanol–water partition coefficient (Wildman–Crippen LogP) is 4.22. The van der Waals surface area contributed by atoms with Gasteiger partial charge in [-0.1, -0.05) is 53.6 Å². The first kappa shape index (κ1) is 19.1. The lowest BCUT2D eigenvalue weighted by Crippen LogP contribution is -2.33. The summed E-state index contributed by atoms with van der Waals surface area (Å²) in [7, 11) is 0. The second kappa shape index (κ2) is 7.10. The van der Waals surface area contributed by atoms with Crippen LogP contribution in [0, 0.1) is 30.6 Å². The van der Waals surface area contributed by atoms with Gasteiger partial charge in [-0.15, -0.1) is 0 Å². The van der Waals surface area contributed by atoms with Crippen molar-refractivity contribution in [1.29, 1.82) is 0 Å². The average molecular weight is 422 g/mol. The van der Waals surface area contributed by atoms with Crippen molar-refractivity contribution in [2.45, 2.75) is 13.3 Å². The molecule has 2 bridgehead atoms. The van der Waals surface area contributed by atoms with Crippen LogP contribution in [0.25, 0.3) is 0 Å². The van der Waals surface area contributed by atoms with Gasteiger partial charge in [0.1, 0.15) is 5.75 Å². The van der Waals surface area contributed by atoms with Crippen molar-refractivity contribution in [3.63, 3.8) is 0 Å². The molecule has 4 atom stereocenters. The Morgan fingerprint density at radius 1 is 1.03 bits per heavy atom. The minimum absolute atomic E-state index is 0.119. The molecule has 0 N–H and O–H groups in total. The fraction of sp³-hybridized carbons (Fsp3) is 0.292. The van der Waals surface area contributed by atoms with Crippen LogP contribution >= 0.6 is 11.6 Å². The lowest BCUT2D eigenvalue weighted by atomic mass is 9.85. The molecule has 2 aromatic carbocycles. The number of imide groups is 1. The third-order valence-electron chi connectivity index (χ3n) is 6.36. The van der Waals surface area contributed by atoms with E-state index in [2.05, 4.69) is 12.2 Å². The fourth-order valence-electron chi connectivity index (χ4n) is 4.89. The molecule has 4 unspecified atom stereocenters. The summed E-state index contributed by atoms with van der Waals surface area (Å²) >= 11 is 6.17. The van der Waals surface area contributed by atoms with Crippen LogP contribution in [-0.4, -0.2) is 24.2 Å². The zero-order valence-electron chi connectivity index (χ0n) is 16.4. The van der Waals surface area contributed by atoms with Gasteiger partial charge in [0.2, 0.25) is 11.8 Å². The number of Topliss-reactive ketones (excluding diaryl/α,β-unsaturated/α-hetero) is 1. The van der Waals surface area contributed by atoms with Crippen LogP contribution in [0.4, 0.5) is 5.69 Å². The monoisotopic (exact) mass is 421 g/mol. The third kappa shape index (κ3) is 2.96. The lowest BCUT2D eigenvalue weighted by Gasteiger charge is -2.21. The number of ether oxygens (including phenoxy) is 1. The highest BCUT2D eigenvalue weighted by atomic mass is 35.5. The van der Waals surface area contributed by atoms with Gasteiger partial charge in [-0.2, -0.15) is 0 Å². The van der Waals surface area contributed by atoms with Crippen LogP contribution in [0.1, 0.15) is 22.3 Å². The minimum Gasteiger partial charge on any atom is -0.483 e. The van der Waals surface area contributed by atoms with Crippen molar-refractivity contribution >= 4 is 34.9 Å². The molecule has 30 heavy (non-hydrogen) atoms. The number of rotatable bonds is 5. The van der Waals surface area contributed by atoms with Gasteiger partial charge in [-0.3, -0.25) is 14.4 Å². The third-order valence-corrected chi connectivity index (χ3v) is 6.60. The zero-order chi connectivity index (χ0) is 21.0. The molecule has 1 saturated carbocycles. The van der Waals surface area contributed by atoms with E-state index in [4.69, 9.17) is 16.3 Å². The van der Waals surface area contributed by atoms with Crippen LogP contribution in [-0.2, 0) is 9.59 Å². The highest BCUT2D eigenvalue weighted by Crippen LogP contribution is 2.54. The van der Waals surface area contributed by atoms with Crippen molar-refractivity contribution < 1.29 is 19.1 Å². The van der Waals surface area contributed by atoms with E-state index in [-0.39, 0.29) is 47.9 Å². The highest BCUT2D eigenvalue weighted by molar-refractivity contribution is 6.31. The molecule has 0 spiro atoms. The van der Waals surface area contributed by atoms with E-state index in [1.165, 1.54) is 4.90 Å². The van der Waals surface area contributed by atoms with Crippen molar-refractivity contribution in [2.75, 3.05) is 11.5 Å². The van der Waals surface area contributed by atoms with Gasteiger partial charge < -0.3 is 4.74 Å². The SMILES string of the molecule is Cc1ccc(C(=O)COc2ccc(Cl)cc2N2C(=O)C3C4C=CC(C4)C3C2=O)cc1. The number of fused-ring (bicyclic) bond motifs is 5. The van der Waals surface area contributed by atoms with Crippen molar-refractivity contribution in [2.24, 2.45) is 23.7 Å². The molecule has 2 aromatic rings. The Hall–Kier alpha value is -2.92. The molecule has 1 heterocycles. The van der Waals surface area contributed by atoms with Gasteiger partial charge in [0.05, 0.1) is 17.5 Å². The Balaban J connectivity index is 1.41. The summed E-state index contributed by atoms with van der Waals surface area (Å²) in [6.45, 7) is 1.75. The number of aryl methyl sites for hydroxylation is 1. The molecule has 6 heteroatoms. The summed E-state index contributed by atoms with van der Waals surface area (Å²) in [5.74, 6) is -0.697. The lowest BCUT2D eigenvalue weighted by molar-refractivity contribution is -0.123. The second-order valence-electron chi connectivity index (χ2n) is 8.20. The fourth-order valence-corrected chi connectivity index (χ4v) is 5.06. The van der Waals surface area contributed by atoms with Crippen molar-refractivity contribution in [1.82, 2.24) is 0 Å². The first-order valence-corrected chi connectivity index (χ1v) is 10.4. The molecule has 2 amide bonds. The predicted molar refractivity (Wildman–Crippen MR) is 113 cm³/mol. The maximum Gasteiger partial charge on any atom is 0.238 e. The molecule has 0 aromatic heterocycles. The van der Waals surface area contributed by atoms with Gasteiger partial charge in [0.15, 0.2) is 12.4 Å². The Kier molecular flexibility index (Phi) is 4.51. The Labute approximate surface area is 179 Å². The van der Waals surface area contributed by atoms with E-state index < -0.39 is 0 Å². The number of carbonyl (C=O) groups excluding carboxylic acids is 3. The number of benzene rings is 2. The van der Waals surface area contributed by atoms with Crippen LogP contribution < -0.4 is 9.64 Å². The van der Waals surface area contributed by atoms with E-state index >= 15 is 0 Å². The maximum atomic E-state index is 13.1. The van der Waals surface area contributed by atoms with Crippen LogP contribution in [0.15, 0.2) is 54.6 Å². The molecule has 2 aliphatic carbocycles. The summed E-state index contributed by atoms with van der Waals surface area (Å²) in [4.78, 5) is 40.0. The Morgan fingerprint density at radius 2 is 1.67 bits per heavy atom. The summed E-state index contributed by atoms with van der Waals surface area (Å²) in [5, 5.41) is 0.390.